The van der Waals surface area contributed by atoms with Crippen LogP contribution in [-0.2, 0) is 4.79 Å². The van der Waals surface area contributed by atoms with Crippen molar-refractivity contribution >= 4 is 17.2 Å². The van der Waals surface area contributed by atoms with Gasteiger partial charge in [0.25, 0.3) is 0 Å². The Hall–Kier alpha value is -1.71. The fourth-order valence-corrected chi connectivity index (χ4v) is 1.86. The van der Waals surface area contributed by atoms with Crippen LogP contribution in [0, 0.1) is 11.6 Å². The smallest absolute Gasteiger partial charge is 0.153 e. The number of H-pyrrole nitrogens is 1. The van der Waals surface area contributed by atoms with Gasteiger partial charge < -0.3 is 9.78 Å². The van der Waals surface area contributed by atoms with Crippen molar-refractivity contribution in [3.05, 3.63) is 35.5 Å². The number of aromatic amines is 1. The van der Waals surface area contributed by atoms with Crippen molar-refractivity contribution in [2.24, 2.45) is 0 Å². The van der Waals surface area contributed by atoms with E-state index < -0.39 is 17.6 Å². The molecule has 0 amide bonds. The molecule has 84 valence electrons. The lowest BCUT2D eigenvalue weighted by Crippen LogP contribution is -2.02. The van der Waals surface area contributed by atoms with E-state index in [1.807, 2.05) is 0 Å². The Morgan fingerprint density at radius 2 is 2.25 bits per heavy atom. The second-order valence-electron chi connectivity index (χ2n) is 3.83. The molecule has 2 nitrogen and oxygen atoms in total. The van der Waals surface area contributed by atoms with Crippen molar-refractivity contribution in [1.29, 1.82) is 0 Å². The first-order chi connectivity index (χ1) is 7.65. The van der Waals surface area contributed by atoms with Crippen molar-refractivity contribution in [1.82, 2.24) is 4.98 Å². The van der Waals surface area contributed by atoms with Crippen LogP contribution in [0.15, 0.2) is 18.3 Å². The van der Waals surface area contributed by atoms with E-state index in [4.69, 9.17) is 0 Å². The predicted octanol–water partition coefficient (Wildman–Crippen LogP) is 3.14. The molecule has 0 spiro atoms. The van der Waals surface area contributed by atoms with Crippen molar-refractivity contribution in [3.63, 3.8) is 0 Å². The van der Waals surface area contributed by atoms with Crippen LogP contribution in [0.25, 0.3) is 10.9 Å². The first-order valence-corrected chi connectivity index (χ1v) is 5.03. The summed E-state index contributed by atoms with van der Waals surface area (Å²) in [5, 5.41) is 0.497. The first kappa shape index (κ1) is 10.8. The van der Waals surface area contributed by atoms with Crippen LogP contribution in [0.5, 0.6) is 0 Å². The summed E-state index contributed by atoms with van der Waals surface area (Å²) in [4.78, 5) is 13.1. The fourth-order valence-electron chi connectivity index (χ4n) is 1.86. The van der Waals surface area contributed by atoms with E-state index >= 15 is 0 Å². The summed E-state index contributed by atoms with van der Waals surface area (Å²) in [6, 6.07) is 2.89. The third-order valence-corrected chi connectivity index (χ3v) is 2.72. The largest absolute Gasteiger partial charge is 0.359 e. The van der Waals surface area contributed by atoms with Gasteiger partial charge in [0.1, 0.15) is 12.1 Å². The lowest BCUT2D eigenvalue weighted by Gasteiger charge is -2.11. The molecule has 0 saturated heterocycles. The minimum Gasteiger partial charge on any atom is -0.359 e. The topological polar surface area (TPSA) is 32.9 Å². The maximum atomic E-state index is 13.9. The van der Waals surface area contributed by atoms with Crippen molar-refractivity contribution in [2.75, 3.05) is 0 Å². The zero-order valence-electron chi connectivity index (χ0n) is 8.76. The van der Waals surface area contributed by atoms with Gasteiger partial charge in [0.05, 0.1) is 5.52 Å². The van der Waals surface area contributed by atoms with Gasteiger partial charge in [-0.2, -0.15) is 0 Å². The summed E-state index contributed by atoms with van der Waals surface area (Å²) in [7, 11) is 0. The zero-order chi connectivity index (χ0) is 11.7. The highest BCUT2D eigenvalue weighted by atomic mass is 19.1. The average molecular weight is 223 g/mol. The molecular formula is C12H11F2NO. The molecule has 0 fully saturated rings. The molecule has 2 rings (SSSR count). The van der Waals surface area contributed by atoms with Gasteiger partial charge in [0.15, 0.2) is 5.82 Å². The van der Waals surface area contributed by atoms with Gasteiger partial charge in [-0.3, -0.25) is 0 Å². The highest BCUT2D eigenvalue weighted by Crippen LogP contribution is 2.29. The van der Waals surface area contributed by atoms with Gasteiger partial charge >= 0.3 is 0 Å². The SMILES string of the molecule is CC(CC=O)c1c(F)cc2cc[nH]c2c1F. The van der Waals surface area contributed by atoms with Gasteiger partial charge in [-0.05, 0) is 18.1 Å². The monoisotopic (exact) mass is 223 g/mol. The lowest BCUT2D eigenvalue weighted by atomic mass is 9.96. The van der Waals surface area contributed by atoms with E-state index in [-0.39, 0.29) is 17.5 Å². The van der Waals surface area contributed by atoms with E-state index in [1.165, 1.54) is 6.07 Å². The molecule has 4 heteroatoms. The predicted molar refractivity (Wildman–Crippen MR) is 57.3 cm³/mol. The molecule has 1 atom stereocenters. The van der Waals surface area contributed by atoms with Crippen molar-refractivity contribution in [2.45, 2.75) is 19.3 Å². The number of fused-ring (bicyclic) bond motifs is 1. The summed E-state index contributed by atoms with van der Waals surface area (Å²) in [6.45, 7) is 1.63. The summed E-state index contributed by atoms with van der Waals surface area (Å²) in [6.07, 6.45) is 2.34. The van der Waals surface area contributed by atoms with Gasteiger partial charge in [-0.25, -0.2) is 8.78 Å². The summed E-state index contributed by atoms with van der Waals surface area (Å²) >= 11 is 0. The van der Waals surface area contributed by atoms with E-state index in [2.05, 4.69) is 4.98 Å². The number of carbonyl (C=O) groups is 1. The zero-order valence-corrected chi connectivity index (χ0v) is 8.76. The number of hydrogen-bond acceptors (Lipinski definition) is 1. The molecule has 1 aromatic carbocycles. The molecule has 0 radical (unpaired) electrons. The van der Waals surface area contributed by atoms with Crippen molar-refractivity contribution < 1.29 is 13.6 Å². The molecule has 1 heterocycles. The molecule has 1 aromatic heterocycles. The fraction of sp³-hybridized carbons (Fsp3) is 0.250. The van der Waals surface area contributed by atoms with Crippen LogP contribution < -0.4 is 0 Å². The number of aromatic nitrogens is 1. The van der Waals surface area contributed by atoms with Crippen LogP contribution >= 0.6 is 0 Å². The van der Waals surface area contributed by atoms with Crippen LogP contribution in [0.2, 0.25) is 0 Å². The number of hydrogen-bond donors (Lipinski definition) is 1. The minimum absolute atomic E-state index is 0.0259. The highest BCUT2D eigenvalue weighted by Gasteiger charge is 2.19. The third-order valence-electron chi connectivity index (χ3n) is 2.72. The van der Waals surface area contributed by atoms with E-state index in [0.29, 0.717) is 11.7 Å². The molecule has 1 N–H and O–H groups in total. The number of halogens is 2. The number of rotatable bonds is 3. The van der Waals surface area contributed by atoms with Gasteiger partial charge in [0, 0.05) is 23.6 Å². The number of nitrogens with one attached hydrogen (secondary N) is 1. The number of aldehydes is 1. The van der Waals surface area contributed by atoms with Crippen LogP contribution in [0.1, 0.15) is 24.8 Å². The summed E-state index contributed by atoms with van der Waals surface area (Å²) in [5.74, 6) is -1.65. The van der Waals surface area contributed by atoms with E-state index in [9.17, 15) is 13.6 Å². The Balaban J connectivity index is 2.63. The maximum absolute atomic E-state index is 13.9. The van der Waals surface area contributed by atoms with Crippen molar-refractivity contribution in [3.8, 4) is 0 Å². The summed E-state index contributed by atoms with van der Waals surface area (Å²) < 4.78 is 27.6. The maximum Gasteiger partial charge on any atom is 0.153 e. The van der Waals surface area contributed by atoms with Gasteiger partial charge in [-0.1, -0.05) is 6.92 Å². The molecule has 2 aromatic rings. The quantitative estimate of drug-likeness (QED) is 0.796. The normalized spacial score (nSPS) is 12.9. The Kier molecular flexibility index (Phi) is 2.73. The highest BCUT2D eigenvalue weighted by molar-refractivity contribution is 5.81. The van der Waals surface area contributed by atoms with E-state index in [1.54, 1.807) is 19.2 Å². The number of carbonyl (C=O) groups excluding carboxylic acids is 1. The Labute approximate surface area is 91.3 Å². The van der Waals surface area contributed by atoms with E-state index in [0.717, 1.165) is 0 Å². The molecule has 0 saturated carbocycles. The molecule has 0 aliphatic heterocycles. The molecule has 1 unspecified atom stereocenters. The molecule has 0 bridgehead atoms. The first-order valence-electron chi connectivity index (χ1n) is 5.03. The Morgan fingerprint density at radius 3 is 2.94 bits per heavy atom. The van der Waals surface area contributed by atoms with Crippen LogP contribution in [0.3, 0.4) is 0 Å². The lowest BCUT2D eigenvalue weighted by molar-refractivity contribution is -0.108. The molecule has 0 aliphatic carbocycles. The minimum atomic E-state index is -0.602. The van der Waals surface area contributed by atoms with Crippen LogP contribution in [0.4, 0.5) is 8.78 Å². The molecule has 16 heavy (non-hydrogen) atoms. The average Bonchev–Trinajstić information content (AvgIpc) is 2.66. The van der Waals surface area contributed by atoms with Gasteiger partial charge in [0.2, 0.25) is 0 Å². The second kappa shape index (κ2) is 4.04. The van der Waals surface area contributed by atoms with Gasteiger partial charge in [-0.15, -0.1) is 0 Å². The number of benzene rings is 1. The second-order valence-corrected chi connectivity index (χ2v) is 3.83. The standard InChI is InChI=1S/C12H11F2NO/c1-7(3-5-16)10-9(13)6-8-2-4-15-12(8)11(10)14/h2,4-7,15H,3H2,1H3. The molecular weight excluding hydrogens is 212 g/mol. The Bertz CT molecular complexity index is 533. The third kappa shape index (κ3) is 1.60. The Morgan fingerprint density at radius 1 is 1.50 bits per heavy atom. The molecule has 0 aliphatic rings. The van der Waals surface area contributed by atoms with Crippen LogP contribution in [-0.4, -0.2) is 11.3 Å². The summed E-state index contributed by atoms with van der Waals surface area (Å²) in [5.41, 5.74) is 0.260.